The van der Waals surface area contributed by atoms with E-state index in [-0.39, 0.29) is 10.6 Å². The van der Waals surface area contributed by atoms with Crippen molar-refractivity contribution in [2.24, 2.45) is 0 Å². The number of halogens is 2. The van der Waals surface area contributed by atoms with Crippen molar-refractivity contribution >= 4 is 40.2 Å². The first kappa shape index (κ1) is 17.6. The molecule has 0 amide bonds. The number of nitrogens with one attached hydrogen (secondary N) is 1. The SMILES string of the molecule is Cc1c(Sc2cccc(C(=O)O)c2)c2ccc(Cl)c(F)c2n1-c1cn[nH]c1. The molecule has 2 aromatic heterocycles. The first-order valence-electron chi connectivity index (χ1n) is 7.96. The van der Waals surface area contributed by atoms with E-state index in [1.807, 2.05) is 13.0 Å². The molecule has 8 heteroatoms. The van der Waals surface area contributed by atoms with Gasteiger partial charge in [0.2, 0.25) is 0 Å². The number of rotatable bonds is 4. The third-order valence-electron chi connectivity index (χ3n) is 4.24. The van der Waals surface area contributed by atoms with E-state index in [9.17, 15) is 14.3 Å². The average molecular weight is 402 g/mol. The average Bonchev–Trinajstić information content (AvgIpc) is 3.26. The van der Waals surface area contributed by atoms with Crippen molar-refractivity contribution in [1.29, 1.82) is 0 Å². The smallest absolute Gasteiger partial charge is 0.335 e. The van der Waals surface area contributed by atoms with Crippen LogP contribution in [0.3, 0.4) is 0 Å². The number of aromatic amines is 1. The summed E-state index contributed by atoms with van der Waals surface area (Å²) in [5.74, 6) is -1.50. The van der Waals surface area contributed by atoms with Crippen molar-refractivity contribution in [3.63, 3.8) is 0 Å². The molecular formula is C19H13ClFN3O2S. The zero-order valence-electron chi connectivity index (χ0n) is 14.0. The van der Waals surface area contributed by atoms with E-state index < -0.39 is 11.8 Å². The molecule has 4 aromatic rings. The molecule has 0 radical (unpaired) electrons. The normalized spacial score (nSPS) is 11.2. The summed E-state index contributed by atoms with van der Waals surface area (Å²) in [4.78, 5) is 12.8. The van der Waals surface area contributed by atoms with Crippen LogP contribution in [0, 0.1) is 12.7 Å². The van der Waals surface area contributed by atoms with E-state index in [2.05, 4.69) is 10.2 Å². The molecule has 0 aliphatic rings. The van der Waals surface area contributed by atoms with Crippen LogP contribution in [-0.2, 0) is 0 Å². The highest BCUT2D eigenvalue weighted by Crippen LogP contribution is 2.41. The minimum atomic E-state index is -0.993. The Morgan fingerprint density at radius 3 is 2.85 bits per heavy atom. The lowest BCUT2D eigenvalue weighted by atomic mass is 10.2. The predicted octanol–water partition coefficient (Wildman–Crippen LogP) is 5.30. The second-order valence-electron chi connectivity index (χ2n) is 5.90. The van der Waals surface area contributed by atoms with Gasteiger partial charge in [0.05, 0.1) is 28.0 Å². The molecule has 0 fully saturated rings. The number of aromatic nitrogens is 3. The predicted molar refractivity (Wildman–Crippen MR) is 103 cm³/mol. The highest BCUT2D eigenvalue weighted by atomic mass is 35.5. The summed E-state index contributed by atoms with van der Waals surface area (Å²) in [5, 5.41) is 16.6. The number of carboxylic acids is 1. The van der Waals surface area contributed by atoms with E-state index in [0.29, 0.717) is 16.6 Å². The molecule has 0 atom stereocenters. The summed E-state index contributed by atoms with van der Waals surface area (Å²) in [6.07, 6.45) is 3.28. The molecular weight excluding hydrogens is 389 g/mol. The van der Waals surface area contributed by atoms with Gasteiger partial charge in [-0.2, -0.15) is 5.10 Å². The molecule has 2 heterocycles. The van der Waals surface area contributed by atoms with Crippen LogP contribution in [0.25, 0.3) is 16.6 Å². The van der Waals surface area contributed by atoms with Crippen LogP contribution in [-0.4, -0.2) is 25.8 Å². The van der Waals surface area contributed by atoms with Gasteiger partial charge >= 0.3 is 5.97 Å². The number of H-pyrrole nitrogens is 1. The molecule has 2 aromatic carbocycles. The lowest BCUT2D eigenvalue weighted by Gasteiger charge is -2.06. The summed E-state index contributed by atoms with van der Waals surface area (Å²) < 4.78 is 16.6. The quantitative estimate of drug-likeness (QED) is 0.486. The molecule has 2 N–H and O–H groups in total. The second kappa shape index (κ2) is 6.75. The maximum absolute atomic E-state index is 14.9. The lowest BCUT2D eigenvalue weighted by molar-refractivity contribution is 0.0696. The molecule has 0 aliphatic heterocycles. The van der Waals surface area contributed by atoms with Gasteiger partial charge in [0.1, 0.15) is 0 Å². The molecule has 5 nitrogen and oxygen atoms in total. The van der Waals surface area contributed by atoms with Gasteiger partial charge < -0.3 is 9.67 Å². The summed E-state index contributed by atoms with van der Waals surface area (Å²) >= 11 is 7.40. The molecule has 0 unspecified atom stereocenters. The topological polar surface area (TPSA) is 70.9 Å². The van der Waals surface area contributed by atoms with Crippen molar-refractivity contribution in [3.05, 3.63) is 70.9 Å². The van der Waals surface area contributed by atoms with Gasteiger partial charge in [-0.05, 0) is 37.3 Å². The van der Waals surface area contributed by atoms with Crippen molar-refractivity contribution < 1.29 is 14.3 Å². The van der Waals surface area contributed by atoms with E-state index in [1.54, 1.807) is 35.2 Å². The molecule has 0 saturated heterocycles. The van der Waals surface area contributed by atoms with E-state index in [1.165, 1.54) is 23.9 Å². The Morgan fingerprint density at radius 2 is 2.15 bits per heavy atom. The second-order valence-corrected chi connectivity index (χ2v) is 7.39. The number of benzene rings is 2. The summed E-state index contributed by atoms with van der Waals surface area (Å²) in [6.45, 7) is 1.88. The van der Waals surface area contributed by atoms with Crippen LogP contribution in [0.5, 0.6) is 0 Å². The molecule has 0 bridgehead atoms. The van der Waals surface area contributed by atoms with Crippen molar-refractivity contribution in [2.75, 3.05) is 0 Å². The van der Waals surface area contributed by atoms with E-state index >= 15 is 0 Å². The van der Waals surface area contributed by atoms with Gasteiger partial charge in [0.15, 0.2) is 5.82 Å². The standard InChI is InChI=1S/C19H13ClFN3O2S/c1-10-18(27-13-4-2-3-11(7-13)19(25)26)14-5-6-15(20)16(21)17(14)24(10)12-8-22-23-9-12/h2-9H,1H3,(H,22,23)(H,25,26). The Morgan fingerprint density at radius 1 is 1.33 bits per heavy atom. The van der Waals surface area contributed by atoms with Gasteiger partial charge in [-0.15, -0.1) is 0 Å². The summed E-state index contributed by atoms with van der Waals surface area (Å²) in [5.41, 5.74) is 2.05. The first-order chi connectivity index (χ1) is 13.0. The van der Waals surface area contributed by atoms with Gasteiger partial charge in [-0.3, -0.25) is 5.10 Å². The number of nitrogens with zero attached hydrogens (tertiary/aromatic N) is 2. The van der Waals surface area contributed by atoms with E-state index in [4.69, 9.17) is 11.6 Å². The minimum Gasteiger partial charge on any atom is -0.478 e. The maximum Gasteiger partial charge on any atom is 0.335 e. The lowest BCUT2D eigenvalue weighted by Crippen LogP contribution is -1.97. The van der Waals surface area contributed by atoms with Crippen LogP contribution in [0.1, 0.15) is 16.1 Å². The maximum atomic E-state index is 14.9. The van der Waals surface area contributed by atoms with Gasteiger partial charge in [-0.25, -0.2) is 9.18 Å². The number of carboxylic acid groups (broad SMARTS) is 1. The zero-order valence-corrected chi connectivity index (χ0v) is 15.6. The van der Waals surface area contributed by atoms with Crippen LogP contribution in [0.2, 0.25) is 5.02 Å². The fourth-order valence-corrected chi connectivity index (χ4v) is 4.27. The molecule has 27 heavy (non-hydrogen) atoms. The van der Waals surface area contributed by atoms with Crippen molar-refractivity contribution in [1.82, 2.24) is 14.8 Å². The molecule has 0 aliphatic carbocycles. The van der Waals surface area contributed by atoms with Crippen LogP contribution >= 0.6 is 23.4 Å². The Kier molecular flexibility index (Phi) is 4.41. The van der Waals surface area contributed by atoms with Gasteiger partial charge in [-0.1, -0.05) is 29.4 Å². The van der Waals surface area contributed by atoms with Gasteiger partial charge in [0.25, 0.3) is 0 Å². The first-order valence-corrected chi connectivity index (χ1v) is 9.16. The number of aromatic carboxylic acids is 1. The fourth-order valence-electron chi connectivity index (χ4n) is 3.03. The van der Waals surface area contributed by atoms with E-state index in [0.717, 1.165) is 15.5 Å². The van der Waals surface area contributed by atoms with Crippen molar-refractivity contribution in [3.8, 4) is 5.69 Å². The van der Waals surface area contributed by atoms with Crippen LogP contribution in [0.4, 0.5) is 4.39 Å². The molecule has 4 rings (SSSR count). The monoisotopic (exact) mass is 401 g/mol. The Balaban J connectivity index is 1.94. The summed E-state index contributed by atoms with van der Waals surface area (Å²) in [6, 6.07) is 9.94. The third-order valence-corrected chi connectivity index (χ3v) is 5.75. The highest BCUT2D eigenvalue weighted by Gasteiger charge is 2.21. The zero-order chi connectivity index (χ0) is 19.1. The minimum absolute atomic E-state index is 0.0363. The number of fused-ring (bicyclic) bond motifs is 1. The van der Waals surface area contributed by atoms with Crippen LogP contribution in [0.15, 0.2) is 58.6 Å². The number of hydrogen-bond acceptors (Lipinski definition) is 3. The molecule has 0 saturated carbocycles. The molecule has 136 valence electrons. The summed E-state index contributed by atoms with van der Waals surface area (Å²) in [7, 11) is 0. The number of hydrogen-bond donors (Lipinski definition) is 2. The number of carbonyl (C=O) groups is 1. The highest BCUT2D eigenvalue weighted by molar-refractivity contribution is 7.99. The Hall–Kier alpha value is -2.77. The largest absolute Gasteiger partial charge is 0.478 e. The Labute approximate surface area is 162 Å². The third kappa shape index (κ3) is 2.98. The molecule has 0 spiro atoms. The Bertz CT molecular complexity index is 1170. The van der Waals surface area contributed by atoms with Crippen molar-refractivity contribution in [2.45, 2.75) is 16.7 Å². The fraction of sp³-hybridized carbons (Fsp3) is 0.0526. The van der Waals surface area contributed by atoms with Gasteiger partial charge in [0, 0.05) is 27.1 Å². The van der Waals surface area contributed by atoms with Crippen LogP contribution < -0.4 is 0 Å².